The van der Waals surface area contributed by atoms with Crippen molar-refractivity contribution in [2.45, 2.75) is 6.42 Å². The van der Waals surface area contributed by atoms with Gasteiger partial charge < -0.3 is 10.2 Å². The summed E-state index contributed by atoms with van der Waals surface area (Å²) in [7, 11) is 1.88. The fourth-order valence-corrected chi connectivity index (χ4v) is 1.82. The smallest absolute Gasteiger partial charge is 0.223 e. The maximum absolute atomic E-state index is 11.1. The zero-order valence-electron chi connectivity index (χ0n) is 6.18. The molecule has 0 aromatic carbocycles. The molecule has 0 saturated carbocycles. The van der Waals surface area contributed by atoms with Crippen molar-refractivity contribution in [3.05, 3.63) is 0 Å². The van der Waals surface area contributed by atoms with Crippen LogP contribution in [0, 0.1) is 5.41 Å². The van der Waals surface area contributed by atoms with Crippen LogP contribution in [0.3, 0.4) is 0 Å². The number of hydrogen-bond donors (Lipinski definition) is 1. The number of likely N-dealkylation sites (tertiary alicyclic amines) is 1. The summed E-state index contributed by atoms with van der Waals surface area (Å²) in [5.74, 6) is 0.307. The summed E-state index contributed by atoms with van der Waals surface area (Å²) in [6.45, 7) is 3.02. The van der Waals surface area contributed by atoms with E-state index < -0.39 is 0 Å². The molecule has 0 atom stereocenters. The molecule has 0 bridgehead atoms. The molecule has 2 rings (SSSR count). The lowest BCUT2D eigenvalue weighted by Gasteiger charge is -2.37. The molecule has 3 heteroatoms. The van der Waals surface area contributed by atoms with E-state index in [1.807, 2.05) is 11.9 Å². The number of amides is 1. The standard InChI is InChI=1S/C7H12N2O/c1-9-5-7(2-6(9)10)3-8-4-7/h8H,2-5H2,1H3. The molecule has 1 N–H and O–H groups in total. The van der Waals surface area contributed by atoms with Gasteiger partial charge in [-0.3, -0.25) is 4.79 Å². The molecule has 56 valence electrons. The third-order valence-electron chi connectivity index (χ3n) is 2.52. The van der Waals surface area contributed by atoms with E-state index in [1.54, 1.807) is 0 Å². The number of carbonyl (C=O) groups is 1. The number of hydrogen-bond acceptors (Lipinski definition) is 2. The zero-order valence-corrected chi connectivity index (χ0v) is 6.18. The molecule has 10 heavy (non-hydrogen) atoms. The third-order valence-corrected chi connectivity index (χ3v) is 2.52. The Morgan fingerprint density at radius 1 is 1.60 bits per heavy atom. The van der Waals surface area contributed by atoms with Gasteiger partial charge in [0.1, 0.15) is 0 Å². The van der Waals surface area contributed by atoms with E-state index >= 15 is 0 Å². The molecule has 0 aromatic heterocycles. The van der Waals surface area contributed by atoms with Crippen LogP contribution < -0.4 is 5.32 Å². The molecule has 2 heterocycles. The van der Waals surface area contributed by atoms with Crippen molar-refractivity contribution in [1.82, 2.24) is 10.2 Å². The molecule has 1 amide bonds. The topological polar surface area (TPSA) is 32.3 Å². The molecular formula is C7H12N2O. The summed E-state index contributed by atoms with van der Waals surface area (Å²) in [6.07, 6.45) is 0.760. The first kappa shape index (κ1) is 6.16. The van der Waals surface area contributed by atoms with E-state index in [0.29, 0.717) is 11.3 Å². The Balaban J connectivity index is 2.10. The quantitative estimate of drug-likeness (QED) is 0.489. The van der Waals surface area contributed by atoms with Gasteiger partial charge in [0.15, 0.2) is 0 Å². The Bertz CT molecular complexity index is 174. The van der Waals surface area contributed by atoms with E-state index in [1.165, 1.54) is 0 Å². The van der Waals surface area contributed by atoms with Crippen molar-refractivity contribution < 1.29 is 4.79 Å². The van der Waals surface area contributed by atoms with E-state index in [-0.39, 0.29) is 0 Å². The van der Waals surface area contributed by atoms with Gasteiger partial charge in [-0.15, -0.1) is 0 Å². The summed E-state index contributed by atoms with van der Waals surface area (Å²) in [6, 6.07) is 0. The van der Waals surface area contributed by atoms with Crippen LogP contribution in [-0.4, -0.2) is 37.5 Å². The fourth-order valence-electron chi connectivity index (χ4n) is 1.82. The van der Waals surface area contributed by atoms with Gasteiger partial charge in [0.2, 0.25) is 5.91 Å². The van der Waals surface area contributed by atoms with Crippen molar-refractivity contribution in [2.75, 3.05) is 26.7 Å². The average Bonchev–Trinajstić information content (AvgIpc) is 2.08. The van der Waals surface area contributed by atoms with Gasteiger partial charge in [0, 0.05) is 38.5 Å². The summed E-state index contributed by atoms with van der Waals surface area (Å²) < 4.78 is 0. The molecule has 0 aromatic rings. The van der Waals surface area contributed by atoms with Crippen LogP contribution in [0.4, 0.5) is 0 Å². The van der Waals surface area contributed by atoms with E-state index in [9.17, 15) is 4.79 Å². The summed E-state index contributed by atoms with van der Waals surface area (Å²) in [5, 5.41) is 3.21. The van der Waals surface area contributed by atoms with Crippen LogP contribution in [0.15, 0.2) is 0 Å². The maximum atomic E-state index is 11.1. The molecule has 2 saturated heterocycles. The zero-order chi connectivity index (χ0) is 7.19. The fraction of sp³-hybridized carbons (Fsp3) is 0.857. The lowest BCUT2D eigenvalue weighted by atomic mass is 9.81. The van der Waals surface area contributed by atoms with Crippen molar-refractivity contribution in [3.63, 3.8) is 0 Å². The van der Waals surface area contributed by atoms with Crippen molar-refractivity contribution >= 4 is 5.91 Å². The predicted molar refractivity (Wildman–Crippen MR) is 37.6 cm³/mol. The Morgan fingerprint density at radius 3 is 2.50 bits per heavy atom. The number of nitrogens with zero attached hydrogens (tertiary/aromatic N) is 1. The minimum Gasteiger partial charge on any atom is -0.345 e. The first-order valence-electron chi connectivity index (χ1n) is 3.67. The predicted octanol–water partition coefficient (Wildman–Crippen LogP) is -0.562. The van der Waals surface area contributed by atoms with Crippen LogP contribution in [0.1, 0.15) is 6.42 Å². The van der Waals surface area contributed by atoms with E-state index in [4.69, 9.17) is 0 Å². The van der Waals surface area contributed by atoms with Gasteiger partial charge >= 0.3 is 0 Å². The molecule has 2 fully saturated rings. The van der Waals surface area contributed by atoms with Crippen LogP contribution in [0.5, 0.6) is 0 Å². The van der Waals surface area contributed by atoms with Gasteiger partial charge in [-0.1, -0.05) is 0 Å². The molecule has 3 nitrogen and oxygen atoms in total. The van der Waals surface area contributed by atoms with Crippen molar-refractivity contribution in [2.24, 2.45) is 5.41 Å². The van der Waals surface area contributed by atoms with Crippen LogP contribution in [0.25, 0.3) is 0 Å². The van der Waals surface area contributed by atoms with Crippen molar-refractivity contribution in [1.29, 1.82) is 0 Å². The van der Waals surface area contributed by atoms with Gasteiger partial charge in [0.25, 0.3) is 0 Å². The highest BCUT2D eigenvalue weighted by Crippen LogP contribution is 2.33. The number of nitrogens with one attached hydrogen (secondary N) is 1. The summed E-state index contributed by atoms with van der Waals surface area (Å²) in [4.78, 5) is 12.9. The second-order valence-corrected chi connectivity index (χ2v) is 3.53. The lowest BCUT2D eigenvalue weighted by Crippen LogP contribution is -2.54. The van der Waals surface area contributed by atoms with E-state index in [2.05, 4.69) is 5.32 Å². The molecule has 0 radical (unpaired) electrons. The minimum absolute atomic E-state index is 0.307. The normalized spacial score (nSPS) is 29.3. The highest BCUT2D eigenvalue weighted by atomic mass is 16.2. The van der Waals surface area contributed by atoms with E-state index in [0.717, 1.165) is 26.1 Å². The molecule has 1 spiro atoms. The van der Waals surface area contributed by atoms with Gasteiger partial charge in [0.05, 0.1) is 0 Å². The van der Waals surface area contributed by atoms with Gasteiger partial charge in [-0.2, -0.15) is 0 Å². The molecule has 0 aliphatic carbocycles. The second kappa shape index (κ2) is 1.72. The largest absolute Gasteiger partial charge is 0.345 e. The Labute approximate surface area is 60.4 Å². The highest BCUT2D eigenvalue weighted by molar-refractivity contribution is 5.79. The second-order valence-electron chi connectivity index (χ2n) is 3.53. The Kier molecular flexibility index (Phi) is 1.06. The number of rotatable bonds is 0. The molecule has 2 aliphatic heterocycles. The first-order valence-corrected chi connectivity index (χ1v) is 3.67. The van der Waals surface area contributed by atoms with Gasteiger partial charge in [-0.25, -0.2) is 0 Å². The maximum Gasteiger partial charge on any atom is 0.223 e. The third kappa shape index (κ3) is 0.669. The van der Waals surface area contributed by atoms with Crippen molar-refractivity contribution in [3.8, 4) is 0 Å². The monoisotopic (exact) mass is 140 g/mol. The lowest BCUT2D eigenvalue weighted by molar-refractivity contribution is -0.126. The minimum atomic E-state index is 0.307. The Hall–Kier alpha value is -0.570. The highest BCUT2D eigenvalue weighted by Gasteiger charge is 2.45. The van der Waals surface area contributed by atoms with Crippen LogP contribution >= 0.6 is 0 Å². The SMILES string of the molecule is CN1CC2(CNC2)CC1=O. The average molecular weight is 140 g/mol. The first-order chi connectivity index (χ1) is 4.72. The summed E-state index contributed by atoms with van der Waals surface area (Å²) in [5.41, 5.74) is 0.325. The molecule has 0 unspecified atom stereocenters. The number of carbonyl (C=O) groups excluding carboxylic acids is 1. The summed E-state index contributed by atoms with van der Waals surface area (Å²) >= 11 is 0. The molecular weight excluding hydrogens is 128 g/mol. The van der Waals surface area contributed by atoms with Crippen LogP contribution in [0.2, 0.25) is 0 Å². The van der Waals surface area contributed by atoms with Gasteiger partial charge in [-0.05, 0) is 0 Å². The molecule has 2 aliphatic rings. The Morgan fingerprint density at radius 2 is 2.30 bits per heavy atom. The van der Waals surface area contributed by atoms with Crippen LogP contribution in [-0.2, 0) is 4.79 Å².